The van der Waals surface area contributed by atoms with Crippen LogP contribution in [0.2, 0.25) is 0 Å². The molecule has 2 heterocycles. The number of para-hydroxylation sites is 1. The fourth-order valence-electron chi connectivity index (χ4n) is 4.67. The number of anilines is 3. The Morgan fingerprint density at radius 1 is 0.844 bits per heavy atom. The molecule has 0 unspecified atom stereocenters. The molecular formula is C26H27N3O3. The summed E-state index contributed by atoms with van der Waals surface area (Å²) in [6.07, 6.45) is 9.97. The van der Waals surface area contributed by atoms with E-state index in [4.69, 9.17) is 4.74 Å². The first-order valence-electron chi connectivity index (χ1n) is 11.3. The second-order valence-electron chi connectivity index (χ2n) is 8.47. The number of amides is 2. The highest BCUT2D eigenvalue weighted by molar-refractivity contribution is 6.03. The maximum Gasteiger partial charge on any atom is 0.411 e. The van der Waals surface area contributed by atoms with Crippen molar-refractivity contribution in [2.75, 3.05) is 10.2 Å². The first kappa shape index (κ1) is 20.4. The Balaban J connectivity index is 1.47. The Morgan fingerprint density at radius 3 is 2.34 bits per heavy atom. The number of carbonyl (C=O) groups excluding carboxylic acids is 2. The van der Waals surface area contributed by atoms with Crippen LogP contribution in [0.25, 0.3) is 0 Å². The summed E-state index contributed by atoms with van der Waals surface area (Å²) < 4.78 is 7.19. The van der Waals surface area contributed by atoms with Gasteiger partial charge in [-0.3, -0.25) is 14.8 Å². The van der Waals surface area contributed by atoms with Crippen LogP contribution >= 0.6 is 0 Å². The third-order valence-electron chi connectivity index (χ3n) is 6.31. The van der Waals surface area contributed by atoms with E-state index in [-0.39, 0.29) is 12.1 Å². The summed E-state index contributed by atoms with van der Waals surface area (Å²) in [7, 11) is 0. The van der Waals surface area contributed by atoms with Gasteiger partial charge in [-0.25, -0.2) is 9.59 Å². The molecule has 2 aliphatic rings. The van der Waals surface area contributed by atoms with Crippen molar-refractivity contribution in [1.82, 2.24) is 4.57 Å². The van der Waals surface area contributed by atoms with E-state index in [1.54, 1.807) is 21.9 Å². The number of aryl methyl sites for hydroxylation is 2. The zero-order valence-corrected chi connectivity index (χ0v) is 18.0. The van der Waals surface area contributed by atoms with Crippen molar-refractivity contribution in [2.45, 2.75) is 51.0 Å². The third-order valence-corrected chi connectivity index (χ3v) is 6.31. The number of aromatic nitrogens is 1. The topological polar surface area (TPSA) is 63.6 Å². The molecule has 0 spiro atoms. The predicted molar refractivity (Wildman–Crippen MR) is 125 cm³/mol. The van der Waals surface area contributed by atoms with Gasteiger partial charge in [0.25, 0.3) is 0 Å². The highest BCUT2D eigenvalue weighted by Gasteiger charge is 2.27. The van der Waals surface area contributed by atoms with Gasteiger partial charge in [0.1, 0.15) is 6.10 Å². The van der Waals surface area contributed by atoms with Gasteiger partial charge in [-0.05, 0) is 80.0 Å². The molecule has 1 saturated carbocycles. The van der Waals surface area contributed by atoms with E-state index >= 15 is 0 Å². The monoisotopic (exact) mass is 429 g/mol. The molecule has 1 aliphatic heterocycles. The number of benzene rings is 2. The van der Waals surface area contributed by atoms with Gasteiger partial charge in [-0.2, -0.15) is 0 Å². The van der Waals surface area contributed by atoms with E-state index in [0.717, 1.165) is 61.0 Å². The minimum atomic E-state index is -0.436. The van der Waals surface area contributed by atoms with Crippen LogP contribution in [-0.4, -0.2) is 22.8 Å². The first-order chi connectivity index (χ1) is 15.7. The summed E-state index contributed by atoms with van der Waals surface area (Å²) in [5.41, 5.74) is 4.45. The molecule has 1 aromatic heterocycles. The van der Waals surface area contributed by atoms with Crippen molar-refractivity contribution in [1.29, 1.82) is 0 Å². The van der Waals surface area contributed by atoms with Crippen molar-refractivity contribution in [3.8, 4) is 0 Å². The molecule has 1 fully saturated rings. The molecule has 1 N–H and O–H groups in total. The average Bonchev–Trinajstić information content (AvgIpc) is 3.30. The maximum absolute atomic E-state index is 13.5. The first-order valence-corrected chi connectivity index (χ1v) is 11.3. The summed E-state index contributed by atoms with van der Waals surface area (Å²) in [6, 6.07) is 17.3. The highest BCUT2D eigenvalue weighted by Crippen LogP contribution is 2.38. The lowest BCUT2D eigenvalue weighted by Gasteiger charge is -2.26. The van der Waals surface area contributed by atoms with Crippen LogP contribution in [0.3, 0.4) is 0 Å². The zero-order valence-electron chi connectivity index (χ0n) is 18.0. The summed E-state index contributed by atoms with van der Waals surface area (Å²) in [6.45, 7) is 0. The second-order valence-corrected chi connectivity index (χ2v) is 8.47. The van der Waals surface area contributed by atoms with Crippen LogP contribution in [0.4, 0.5) is 26.7 Å². The van der Waals surface area contributed by atoms with E-state index in [1.165, 1.54) is 6.42 Å². The van der Waals surface area contributed by atoms with E-state index in [0.29, 0.717) is 5.69 Å². The molecule has 0 bridgehead atoms. The molecule has 6 nitrogen and oxygen atoms in total. The Bertz CT molecular complexity index is 1120. The molecule has 0 saturated heterocycles. The van der Waals surface area contributed by atoms with Crippen LogP contribution in [0, 0.1) is 0 Å². The lowest BCUT2D eigenvalue weighted by Crippen LogP contribution is -2.30. The van der Waals surface area contributed by atoms with Crippen LogP contribution in [-0.2, 0) is 17.6 Å². The van der Waals surface area contributed by atoms with Crippen LogP contribution in [0.1, 0.15) is 43.2 Å². The van der Waals surface area contributed by atoms with Gasteiger partial charge in [0.15, 0.2) is 0 Å². The molecular weight excluding hydrogens is 402 g/mol. The van der Waals surface area contributed by atoms with Crippen molar-refractivity contribution in [2.24, 2.45) is 0 Å². The van der Waals surface area contributed by atoms with Gasteiger partial charge in [0.05, 0.1) is 11.4 Å². The maximum atomic E-state index is 13.5. The van der Waals surface area contributed by atoms with E-state index < -0.39 is 6.09 Å². The average molecular weight is 430 g/mol. The number of rotatable bonds is 2. The number of carbonyl (C=O) groups is 2. The molecule has 3 aromatic rings. The number of hydrogen-bond acceptors (Lipinski definition) is 3. The Morgan fingerprint density at radius 2 is 1.56 bits per heavy atom. The molecule has 0 atom stereocenters. The van der Waals surface area contributed by atoms with Crippen LogP contribution in [0.15, 0.2) is 67.0 Å². The van der Waals surface area contributed by atoms with Gasteiger partial charge in [-0.1, -0.05) is 30.7 Å². The number of fused-ring (bicyclic) bond motifs is 2. The van der Waals surface area contributed by atoms with Crippen molar-refractivity contribution >= 4 is 29.2 Å². The standard InChI is InChI=1S/C26H27N3O3/c30-25(32-22-9-2-1-3-10-22)27-21-15-14-20-13-12-19-8-4-5-11-23(19)29(24(20)18-21)26(31)28-16-6-7-17-28/h4-8,11,14-18,22H,1-3,9-10,12-13H2,(H,27,30). The SMILES string of the molecule is O=C(Nc1ccc2c(c1)N(C(=O)n1cccc1)c1ccccc1CC2)OC1CCCCC1. The van der Waals surface area contributed by atoms with E-state index in [1.807, 2.05) is 48.5 Å². The Labute approximate surface area is 187 Å². The van der Waals surface area contributed by atoms with Gasteiger partial charge in [0, 0.05) is 18.1 Å². The van der Waals surface area contributed by atoms with Crippen LogP contribution < -0.4 is 10.2 Å². The second kappa shape index (κ2) is 8.91. The molecule has 1 aliphatic carbocycles. The molecule has 2 amide bonds. The number of nitrogens with zero attached hydrogens (tertiary/aromatic N) is 2. The molecule has 164 valence electrons. The number of nitrogens with one attached hydrogen (secondary N) is 1. The molecule has 0 radical (unpaired) electrons. The number of ether oxygens (including phenoxy) is 1. The molecule has 5 rings (SSSR count). The van der Waals surface area contributed by atoms with Gasteiger partial charge >= 0.3 is 12.1 Å². The van der Waals surface area contributed by atoms with Gasteiger partial charge < -0.3 is 4.74 Å². The van der Waals surface area contributed by atoms with Crippen LogP contribution in [0.5, 0.6) is 0 Å². The molecule has 32 heavy (non-hydrogen) atoms. The molecule has 6 heteroatoms. The summed E-state index contributed by atoms with van der Waals surface area (Å²) >= 11 is 0. The zero-order chi connectivity index (χ0) is 21.9. The lowest BCUT2D eigenvalue weighted by molar-refractivity contribution is 0.0865. The largest absolute Gasteiger partial charge is 0.446 e. The fraction of sp³-hybridized carbons (Fsp3) is 0.308. The van der Waals surface area contributed by atoms with E-state index in [9.17, 15) is 9.59 Å². The van der Waals surface area contributed by atoms with Crippen molar-refractivity contribution in [3.05, 3.63) is 78.1 Å². The summed E-state index contributed by atoms with van der Waals surface area (Å²) in [5, 5.41) is 2.87. The van der Waals surface area contributed by atoms with E-state index in [2.05, 4.69) is 11.4 Å². The third kappa shape index (κ3) is 4.13. The fourth-order valence-corrected chi connectivity index (χ4v) is 4.67. The quantitative estimate of drug-likeness (QED) is 0.522. The highest BCUT2D eigenvalue weighted by atomic mass is 16.6. The minimum absolute atomic E-state index is 0.0109. The summed E-state index contributed by atoms with van der Waals surface area (Å²) in [5.74, 6) is 0. The minimum Gasteiger partial charge on any atom is -0.446 e. The van der Waals surface area contributed by atoms with Crippen molar-refractivity contribution < 1.29 is 14.3 Å². The van der Waals surface area contributed by atoms with Gasteiger partial charge in [0.2, 0.25) is 0 Å². The smallest absolute Gasteiger partial charge is 0.411 e. The Hall–Kier alpha value is -3.54. The normalized spacial score (nSPS) is 15.9. The van der Waals surface area contributed by atoms with Gasteiger partial charge in [-0.15, -0.1) is 0 Å². The lowest BCUT2D eigenvalue weighted by atomic mass is 9.98. The predicted octanol–water partition coefficient (Wildman–Crippen LogP) is 6.27. The van der Waals surface area contributed by atoms with Crippen molar-refractivity contribution in [3.63, 3.8) is 0 Å². The Kier molecular flexibility index (Phi) is 5.67. The summed E-state index contributed by atoms with van der Waals surface area (Å²) in [4.78, 5) is 27.8. The molecule has 2 aromatic carbocycles. The number of hydrogen-bond donors (Lipinski definition) is 1.